The van der Waals surface area contributed by atoms with Crippen molar-refractivity contribution >= 4 is 27.6 Å². The molecule has 20 heavy (non-hydrogen) atoms. The van der Waals surface area contributed by atoms with Crippen molar-refractivity contribution in [3.05, 3.63) is 27.7 Å². The van der Waals surface area contributed by atoms with Gasteiger partial charge in [-0.25, -0.2) is 4.79 Å². The normalized spacial score (nSPS) is 19.0. The predicted octanol–water partition coefficient (Wildman–Crippen LogP) is 3.93. The molecule has 0 unspecified atom stereocenters. The summed E-state index contributed by atoms with van der Waals surface area (Å²) in [6.45, 7) is 1.07. The number of carbonyl (C=O) groups is 1. The molecule has 0 radical (unpaired) electrons. The zero-order chi connectivity index (χ0) is 14.1. The molecule has 1 aromatic rings. The number of ether oxygens (including phenoxy) is 1. The van der Waals surface area contributed by atoms with E-state index >= 15 is 0 Å². The van der Waals surface area contributed by atoms with Gasteiger partial charge < -0.3 is 9.64 Å². The van der Waals surface area contributed by atoms with Crippen LogP contribution in [-0.4, -0.2) is 25.7 Å². The molecule has 2 aliphatic rings. The third-order valence-corrected chi connectivity index (χ3v) is 5.09. The highest BCUT2D eigenvalue weighted by atomic mass is 79.9. The topological polar surface area (TPSA) is 29.5 Å². The van der Waals surface area contributed by atoms with Gasteiger partial charge in [0.15, 0.2) is 0 Å². The number of rotatable bonds is 2. The minimum absolute atomic E-state index is 0.260. The summed E-state index contributed by atoms with van der Waals surface area (Å²) in [5.74, 6) is -0.260. The van der Waals surface area contributed by atoms with Crippen LogP contribution in [0.5, 0.6) is 0 Å². The molecule has 4 heteroatoms. The van der Waals surface area contributed by atoms with E-state index < -0.39 is 0 Å². The number of nitrogens with zero attached hydrogens (tertiary/aromatic N) is 1. The van der Waals surface area contributed by atoms with Gasteiger partial charge in [-0.3, -0.25) is 0 Å². The summed E-state index contributed by atoms with van der Waals surface area (Å²) in [4.78, 5) is 14.2. The van der Waals surface area contributed by atoms with Crippen LogP contribution in [0.1, 0.15) is 48.0 Å². The average Bonchev–Trinajstić information content (AvgIpc) is 2.91. The Bertz CT molecular complexity index is 523. The summed E-state index contributed by atoms with van der Waals surface area (Å²) in [6, 6.07) is 4.56. The van der Waals surface area contributed by atoms with E-state index in [9.17, 15) is 4.79 Å². The molecule has 1 fully saturated rings. The van der Waals surface area contributed by atoms with Crippen LogP contribution in [0.4, 0.5) is 5.69 Å². The molecule has 1 aliphatic carbocycles. The number of fused-ring (bicyclic) bond motifs is 1. The van der Waals surface area contributed by atoms with Crippen LogP contribution < -0.4 is 4.90 Å². The fourth-order valence-corrected chi connectivity index (χ4v) is 4.24. The van der Waals surface area contributed by atoms with Crippen LogP contribution in [0.25, 0.3) is 0 Å². The van der Waals surface area contributed by atoms with Gasteiger partial charge in [0.2, 0.25) is 0 Å². The summed E-state index contributed by atoms with van der Waals surface area (Å²) in [5, 5.41) is 0. The number of esters is 1. The Balaban J connectivity index is 1.91. The fraction of sp³-hybridized carbons (Fsp3) is 0.562. The minimum Gasteiger partial charge on any atom is -0.465 e. The van der Waals surface area contributed by atoms with Crippen molar-refractivity contribution in [1.82, 2.24) is 0 Å². The lowest BCUT2D eigenvalue weighted by Gasteiger charge is -2.33. The third-order valence-electron chi connectivity index (χ3n) is 4.49. The van der Waals surface area contributed by atoms with E-state index in [-0.39, 0.29) is 5.97 Å². The Morgan fingerprint density at radius 2 is 2.05 bits per heavy atom. The molecule has 0 atom stereocenters. The molecule has 1 aromatic carbocycles. The van der Waals surface area contributed by atoms with Gasteiger partial charge in [-0.1, -0.05) is 19.3 Å². The van der Waals surface area contributed by atoms with Crippen molar-refractivity contribution in [2.24, 2.45) is 0 Å². The van der Waals surface area contributed by atoms with E-state index in [0.717, 1.165) is 17.4 Å². The predicted molar refractivity (Wildman–Crippen MR) is 83.4 cm³/mol. The number of anilines is 1. The minimum atomic E-state index is -0.260. The smallest absolute Gasteiger partial charge is 0.337 e. The molecule has 0 saturated heterocycles. The fourth-order valence-electron chi connectivity index (χ4n) is 3.51. The van der Waals surface area contributed by atoms with Crippen LogP contribution in [0, 0.1) is 0 Å². The molecule has 0 spiro atoms. The quantitative estimate of drug-likeness (QED) is 0.765. The van der Waals surface area contributed by atoms with Crippen molar-refractivity contribution in [1.29, 1.82) is 0 Å². The Labute approximate surface area is 128 Å². The standard InChI is InChI=1S/C16H20BrNO2/c1-20-16(19)12-9-11-7-8-18(15(11)14(17)10-12)13-5-3-2-4-6-13/h9-10,13H,2-8H2,1H3. The monoisotopic (exact) mass is 337 g/mol. The number of carbonyl (C=O) groups excluding carboxylic acids is 1. The molecule has 1 aliphatic heterocycles. The van der Waals surface area contributed by atoms with Crippen molar-refractivity contribution in [3.8, 4) is 0 Å². The molecule has 0 amide bonds. The zero-order valence-electron chi connectivity index (χ0n) is 11.8. The molecule has 3 rings (SSSR count). The molecule has 0 bridgehead atoms. The van der Waals surface area contributed by atoms with Gasteiger partial charge in [-0.15, -0.1) is 0 Å². The van der Waals surface area contributed by atoms with Gasteiger partial charge in [-0.2, -0.15) is 0 Å². The number of hydrogen-bond acceptors (Lipinski definition) is 3. The first-order valence-corrected chi connectivity index (χ1v) is 8.17. The Morgan fingerprint density at radius 1 is 1.30 bits per heavy atom. The maximum atomic E-state index is 11.7. The number of hydrogen-bond donors (Lipinski definition) is 0. The van der Waals surface area contributed by atoms with E-state index in [2.05, 4.69) is 20.8 Å². The molecule has 0 N–H and O–H groups in total. The largest absolute Gasteiger partial charge is 0.465 e. The molecule has 1 saturated carbocycles. The maximum Gasteiger partial charge on any atom is 0.337 e. The van der Waals surface area contributed by atoms with Crippen molar-refractivity contribution in [2.45, 2.75) is 44.6 Å². The van der Waals surface area contributed by atoms with Gasteiger partial charge in [0.1, 0.15) is 0 Å². The average molecular weight is 338 g/mol. The Kier molecular flexibility index (Phi) is 4.01. The van der Waals surface area contributed by atoms with Gasteiger partial charge in [-0.05, 0) is 52.9 Å². The summed E-state index contributed by atoms with van der Waals surface area (Å²) >= 11 is 3.65. The number of halogens is 1. The van der Waals surface area contributed by atoms with Crippen molar-refractivity contribution in [2.75, 3.05) is 18.6 Å². The second-order valence-electron chi connectivity index (χ2n) is 5.69. The molecule has 3 nitrogen and oxygen atoms in total. The summed E-state index contributed by atoms with van der Waals surface area (Å²) in [6.07, 6.45) is 7.67. The van der Waals surface area contributed by atoms with Crippen molar-refractivity contribution in [3.63, 3.8) is 0 Å². The van der Waals surface area contributed by atoms with Crippen LogP contribution in [0.2, 0.25) is 0 Å². The maximum absolute atomic E-state index is 11.7. The van der Waals surface area contributed by atoms with E-state index in [1.807, 2.05) is 12.1 Å². The van der Waals surface area contributed by atoms with Crippen LogP contribution in [-0.2, 0) is 11.2 Å². The second kappa shape index (κ2) is 5.76. The lowest BCUT2D eigenvalue weighted by molar-refractivity contribution is 0.0600. The Hall–Kier alpha value is -1.03. The number of benzene rings is 1. The van der Waals surface area contributed by atoms with Gasteiger partial charge in [0.05, 0.1) is 18.4 Å². The SMILES string of the molecule is COC(=O)c1cc(Br)c2c(c1)CCN2C1CCCCC1. The lowest BCUT2D eigenvalue weighted by atomic mass is 9.94. The molecular formula is C16H20BrNO2. The van der Waals surface area contributed by atoms with E-state index in [1.165, 1.54) is 50.5 Å². The Morgan fingerprint density at radius 3 is 2.75 bits per heavy atom. The van der Waals surface area contributed by atoms with E-state index in [1.54, 1.807) is 0 Å². The molecular weight excluding hydrogens is 318 g/mol. The summed E-state index contributed by atoms with van der Waals surface area (Å²) < 4.78 is 5.85. The summed E-state index contributed by atoms with van der Waals surface area (Å²) in [5.41, 5.74) is 3.21. The number of methoxy groups -OCH3 is 1. The van der Waals surface area contributed by atoms with E-state index in [0.29, 0.717) is 11.6 Å². The van der Waals surface area contributed by atoms with Gasteiger partial charge in [0.25, 0.3) is 0 Å². The second-order valence-corrected chi connectivity index (χ2v) is 6.55. The highest BCUT2D eigenvalue weighted by Gasteiger charge is 2.30. The molecule has 1 heterocycles. The first-order valence-electron chi connectivity index (χ1n) is 7.38. The van der Waals surface area contributed by atoms with E-state index in [4.69, 9.17) is 4.74 Å². The van der Waals surface area contributed by atoms with Crippen molar-refractivity contribution < 1.29 is 9.53 Å². The first kappa shape index (κ1) is 13.9. The highest BCUT2D eigenvalue weighted by molar-refractivity contribution is 9.10. The van der Waals surface area contributed by atoms with Crippen LogP contribution >= 0.6 is 15.9 Å². The zero-order valence-corrected chi connectivity index (χ0v) is 13.4. The van der Waals surface area contributed by atoms with Crippen LogP contribution in [0.3, 0.4) is 0 Å². The molecule has 0 aromatic heterocycles. The first-order chi connectivity index (χ1) is 9.70. The van der Waals surface area contributed by atoms with Gasteiger partial charge in [0, 0.05) is 17.1 Å². The molecule has 108 valence electrons. The lowest BCUT2D eigenvalue weighted by Crippen LogP contribution is -2.35. The summed E-state index contributed by atoms with van der Waals surface area (Å²) in [7, 11) is 1.43. The van der Waals surface area contributed by atoms with Crippen LogP contribution in [0.15, 0.2) is 16.6 Å². The highest BCUT2D eigenvalue weighted by Crippen LogP contribution is 2.40. The van der Waals surface area contributed by atoms with Gasteiger partial charge >= 0.3 is 5.97 Å². The third kappa shape index (κ3) is 2.46.